The summed E-state index contributed by atoms with van der Waals surface area (Å²) >= 11 is 0. The predicted molar refractivity (Wildman–Crippen MR) is 99.0 cm³/mol. The molecule has 3 aromatic rings. The lowest BCUT2D eigenvalue weighted by Gasteiger charge is -2.18. The van der Waals surface area contributed by atoms with Crippen LogP contribution in [-0.4, -0.2) is 24.7 Å². The molecule has 0 aliphatic heterocycles. The molecular formula is C20H17F3N2O3. The number of fused-ring (bicyclic) bond motifs is 1. The number of nitrogens with one attached hydrogen (secondary N) is 1. The first-order valence-corrected chi connectivity index (χ1v) is 8.43. The van der Waals surface area contributed by atoms with Crippen molar-refractivity contribution in [1.82, 2.24) is 4.98 Å². The lowest BCUT2D eigenvalue weighted by atomic mass is 10.1. The summed E-state index contributed by atoms with van der Waals surface area (Å²) in [4.78, 5) is 16.6. The van der Waals surface area contributed by atoms with Crippen LogP contribution in [0.2, 0.25) is 0 Å². The van der Waals surface area contributed by atoms with Gasteiger partial charge in [0.2, 0.25) is 0 Å². The number of methoxy groups -OCH3 is 1. The van der Waals surface area contributed by atoms with Gasteiger partial charge in [-0.25, -0.2) is 4.79 Å². The number of ether oxygens (including phenoxy) is 2. The highest BCUT2D eigenvalue weighted by Gasteiger charge is 2.33. The lowest BCUT2D eigenvalue weighted by molar-refractivity contribution is -0.136. The molecule has 0 atom stereocenters. The fraction of sp³-hybridized carbons (Fsp3) is 0.200. The molecule has 0 spiro atoms. The van der Waals surface area contributed by atoms with Crippen LogP contribution in [0.1, 0.15) is 22.8 Å². The molecule has 146 valence electrons. The topological polar surface area (TPSA) is 60.5 Å². The normalized spacial score (nSPS) is 11.3. The number of carbonyl (C=O) groups is 1. The highest BCUT2D eigenvalue weighted by atomic mass is 19.4. The van der Waals surface area contributed by atoms with E-state index in [9.17, 15) is 18.0 Å². The summed E-state index contributed by atoms with van der Waals surface area (Å²) in [6.45, 7) is 1.76. The maximum atomic E-state index is 13.4. The maximum Gasteiger partial charge on any atom is 0.418 e. The van der Waals surface area contributed by atoms with Crippen LogP contribution in [0.25, 0.3) is 10.9 Å². The average Bonchev–Trinajstić information content (AvgIpc) is 2.67. The third kappa shape index (κ3) is 3.71. The Labute approximate surface area is 159 Å². The van der Waals surface area contributed by atoms with Crippen LogP contribution in [-0.2, 0) is 10.9 Å². The highest BCUT2D eigenvalue weighted by molar-refractivity contribution is 6.07. The van der Waals surface area contributed by atoms with Gasteiger partial charge in [0.15, 0.2) is 0 Å². The van der Waals surface area contributed by atoms with Crippen LogP contribution >= 0.6 is 0 Å². The van der Waals surface area contributed by atoms with Crippen LogP contribution in [0.15, 0.2) is 48.7 Å². The molecule has 1 aromatic heterocycles. The van der Waals surface area contributed by atoms with Crippen molar-refractivity contribution in [3.63, 3.8) is 0 Å². The zero-order valence-corrected chi connectivity index (χ0v) is 15.1. The number of anilines is 2. The molecule has 0 fully saturated rings. The van der Waals surface area contributed by atoms with E-state index in [0.717, 1.165) is 6.07 Å². The molecule has 0 bridgehead atoms. The second-order valence-electron chi connectivity index (χ2n) is 5.79. The van der Waals surface area contributed by atoms with Gasteiger partial charge in [0.25, 0.3) is 0 Å². The summed E-state index contributed by atoms with van der Waals surface area (Å²) in [7, 11) is 1.46. The van der Waals surface area contributed by atoms with Gasteiger partial charge >= 0.3 is 12.1 Å². The number of para-hydroxylation sites is 2. The number of halogens is 3. The van der Waals surface area contributed by atoms with Gasteiger partial charge < -0.3 is 14.8 Å². The summed E-state index contributed by atoms with van der Waals surface area (Å²) in [6, 6.07) is 10.0. The molecule has 0 amide bonds. The molecular weight excluding hydrogens is 373 g/mol. The molecule has 0 aliphatic rings. The van der Waals surface area contributed by atoms with Gasteiger partial charge in [-0.2, -0.15) is 13.2 Å². The van der Waals surface area contributed by atoms with E-state index in [-0.39, 0.29) is 23.5 Å². The molecule has 2 aromatic carbocycles. The third-order valence-electron chi connectivity index (χ3n) is 4.07. The quantitative estimate of drug-likeness (QED) is 0.608. The van der Waals surface area contributed by atoms with Crippen molar-refractivity contribution in [2.24, 2.45) is 0 Å². The number of benzene rings is 2. The van der Waals surface area contributed by atoms with Crippen molar-refractivity contribution in [2.45, 2.75) is 13.1 Å². The fourth-order valence-electron chi connectivity index (χ4n) is 2.83. The van der Waals surface area contributed by atoms with Crippen LogP contribution in [0, 0.1) is 0 Å². The van der Waals surface area contributed by atoms with Crippen molar-refractivity contribution in [3.05, 3.63) is 59.8 Å². The molecule has 5 nitrogen and oxygen atoms in total. The summed E-state index contributed by atoms with van der Waals surface area (Å²) in [5, 5.41) is 3.20. The summed E-state index contributed by atoms with van der Waals surface area (Å²) in [5.74, 6) is -0.258. The van der Waals surface area contributed by atoms with Gasteiger partial charge in [0.05, 0.1) is 30.7 Å². The molecule has 28 heavy (non-hydrogen) atoms. The number of nitrogens with zero attached hydrogens (tertiary/aromatic N) is 1. The summed E-state index contributed by atoms with van der Waals surface area (Å²) in [5.41, 5.74) is -0.433. The Balaban J connectivity index is 2.24. The molecule has 8 heteroatoms. The van der Waals surface area contributed by atoms with E-state index in [1.165, 1.54) is 31.5 Å². The molecule has 0 aliphatic carbocycles. The first-order valence-electron chi connectivity index (χ1n) is 8.43. The fourth-order valence-corrected chi connectivity index (χ4v) is 2.83. The van der Waals surface area contributed by atoms with Gasteiger partial charge in [-0.3, -0.25) is 4.98 Å². The first-order chi connectivity index (χ1) is 13.4. The van der Waals surface area contributed by atoms with Gasteiger partial charge in [-0.1, -0.05) is 24.3 Å². The Kier molecular flexibility index (Phi) is 5.39. The minimum atomic E-state index is -4.56. The average molecular weight is 390 g/mol. The molecule has 0 unspecified atom stereocenters. The highest BCUT2D eigenvalue weighted by Crippen LogP contribution is 2.39. The first kappa shape index (κ1) is 19.5. The van der Waals surface area contributed by atoms with E-state index in [2.05, 4.69) is 10.3 Å². The van der Waals surface area contributed by atoms with Gasteiger partial charge in [0.1, 0.15) is 16.8 Å². The van der Waals surface area contributed by atoms with Gasteiger partial charge in [-0.15, -0.1) is 0 Å². The zero-order chi connectivity index (χ0) is 20.3. The number of alkyl halides is 3. The maximum absolute atomic E-state index is 13.4. The predicted octanol–water partition coefficient (Wildman–Crippen LogP) is 5.18. The Morgan fingerprint density at radius 1 is 1.14 bits per heavy atom. The minimum absolute atomic E-state index is 0.0274. The number of aromatic nitrogens is 1. The van der Waals surface area contributed by atoms with Crippen LogP contribution < -0.4 is 10.1 Å². The Bertz CT molecular complexity index is 1020. The molecule has 0 radical (unpaired) electrons. The number of hydrogen-bond acceptors (Lipinski definition) is 5. The Hall–Kier alpha value is -3.29. The van der Waals surface area contributed by atoms with E-state index in [4.69, 9.17) is 9.47 Å². The number of pyridine rings is 1. The molecule has 3 rings (SSSR count). The standard InChI is InChI=1S/C20H17F3N2O3/c1-3-28-19(26)13-11-24-18-12(7-6-10-16(18)27-2)17(13)25-15-9-5-4-8-14(15)20(21,22)23/h4-11H,3H2,1-2H3,(H,24,25). The van der Waals surface area contributed by atoms with Gasteiger partial charge in [-0.05, 0) is 25.1 Å². The van der Waals surface area contributed by atoms with Crippen molar-refractivity contribution < 1.29 is 27.4 Å². The van der Waals surface area contributed by atoms with Crippen molar-refractivity contribution in [2.75, 3.05) is 19.0 Å². The number of esters is 1. The zero-order valence-electron chi connectivity index (χ0n) is 15.1. The summed E-state index contributed by atoms with van der Waals surface area (Å²) < 4.78 is 50.5. The Morgan fingerprint density at radius 2 is 1.89 bits per heavy atom. The third-order valence-corrected chi connectivity index (χ3v) is 4.07. The summed E-state index contributed by atoms with van der Waals surface area (Å²) in [6.07, 6.45) is -3.30. The lowest BCUT2D eigenvalue weighted by Crippen LogP contribution is -2.12. The smallest absolute Gasteiger partial charge is 0.418 e. The Morgan fingerprint density at radius 3 is 2.57 bits per heavy atom. The monoisotopic (exact) mass is 390 g/mol. The SMILES string of the molecule is CCOC(=O)c1cnc2c(OC)cccc2c1Nc1ccccc1C(F)(F)F. The second kappa shape index (κ2) is 7.75. The number of carbonyl (C=O) groups excluding carboxylic acids is 1. The van der Waals surface area contributed by atoms with Crippen molar-refractivity contribution in [1.29, 1.82) is 0 Å². The number of hydrogen-bond donors (Lipinski definition) is 1. The van der Waals surface area contributed by atoms with E-state index in [1.807, 2.05) is 0 Å². The van der Waals surface area contributed by atoms with E-state index >= 15 is 0 Å². The second-order valence-corrected chi connectivity index (χ2v) is 5.79. The van der Waals surface area contributed by atoms with Crippen molar-refractivity contribution in [3.8, 4) is 5.75 Å². The van der Waals surface area contributed by atoms with E-state index in [0.29, 0.717) is 16.7 Å². The molecule has 1 heterocycles. The van der Waals surface area contributed by atoms with Gasteiger partial charge in [0, 0.05) is 11.6 Å². The molecule has 0 saturated heterocycles. The van der Waals surface area contributed by atoms with Crippen LogP contribution in [0.4, 0.5) is 24.5 Å². The minimum Gasteiger partial charge on any atom is -0.494 e. The van der Waals surface area contributed by atoms with Crippen LogP contribution in [0.5, 0.6) is 5.75 Å². The molecule has 1 N–H and O–H groups in total. The van der Waals surface area contributed by atoms with Crippen molar-refractivity contribution >= 4 is 28.2 Å². The van der Waals surface area contributed by atoms with E-state index in [1.54, 1.807) is 25.1 Å². The largest absolute Gasteiger partial charge is 0.494 e. The van der Waals surface area contributed by atoms with E-state index < -0.39 is 17.7 Å². The van der Waals surface area contributed by atoms with Crippen LogP contribution in [0.3, 0.4) is 0 Å². The molecule has 0 saturated carbocycles. The number of rotatable bonds is 5.